The van der Waals surface area contributed by atoms with Crippen LogP contribution in [0.15, 0.2) is 47.5 Å². The molecule has 0 radical (unpaired) electrons. The van der Waals surface area contributed by atoms with Crippen molar-refractivity contribution in [3.05, 3.63) is 53.8 Å². The van der Waals surface area contributed by atoms with Crippen LogP contribution in [-0.2, 0) is 6.54 Å². The molecule has 2 aromatic rings. The molecular weight excluding hydrogens is 347 g/mol. The fourth-order valence-electron chi connectivity index (χ4n) is 2.14. The number of hydrogen-bond acceptors (Lipinski definition) is 3. The highest BCUT2D eigenvalue weighted by molar-refractivity contribution is 5.92. The third kappa shape index (κ3) is 5.87. The number of halogens is 3. The highest BCUT2D eigenvalue weighted by Gasteiger charge is 2.13. The Morgan fingerprint density at radius 1 is 1.12 bits per heavy atom. The Bertz CT molecular complexity index is 750. The molecule has 0 aliphatic rings. The van der Waals surface area contributed by atoms with Gasteiger partial charge in [-0.1, -0.05) is 6.07 Å². The molecule has 0 unspecified atom stereocenters. The van der Waals surface area contributed by atoms with Crippen LogP contribution in [0.3, 0.4) is 0 Å². The van der Waals surface area contributed by atoms with Gasteiger partial charge in [0.1, 0.15) is 17.3 Å². The summed E-state index contributed by atoms with van der Waals surface area (Å²) in [5.74, 6) is -0.253. The van der Waals surface area contributed by atoms with E-state index in [1.165, 1.54) is 12.1 Å². The number of benzene rings is 2. The Kier molecular flexibility index (Phi) is 6.71. The monoisotopic (exact) mass is 367 g/mol. The minimum Gasteiger partial charge on any atom is -0.491 e. The smallest absolute Gasteiger partial charge is 0.387 e. The van der Waals surface area contributed by atoms with E-state index >= 15 is 0 Å². The average Bonchev–Trinajstić information content (AvgIpc) is 2.55. The predicted octanol–water partition coefficient (Wildman–Crippen LogP) is 4.14. The first-order valence-corrected chi connectivity index (χ1v) is 7.91. The first kappa shape index (κ1) is 19.4. The van der Waals surface area contributed by atoms with Crippen LogP contribution in [-0.4, -0.2) is 18.7 Å². The number of nitrogens with two attached hydrogens (primary N) is 1. The van der Waals surface area contributed by atoms with E-state index in [2.05, 4.69) is 15.0 Å². The number of rotatable bonds is 7. The molecule has 0 saturated heterocycles. The molecule has 3 N–H and O–H groups in total. The lowest BCUT2D eigenvalue weighted by Gasteiger charge is -2.12. The van der Waals surface area contributed by atoms with Crippen LogP contribution >= 0.6 is 0 Å². The molecule has 2 aromatic carbocycles. The minimum atomic E-state index is -3.05. The molecule has 26 heavy (non-hydrogen) atoms. The number of nitrogens with one attached hydrogen (secondary N) is 1. The second-order valence-corrected chi connectivity index (χ2v) is 5.61. The van der Waals surface area contributed by atoms with Crippen molar-refractivity contribution in [2.75, 3.05) is 5.32 Å². The molecule has 0 aliphatic heterocycles. The standard InChI is InChI=1S/C18H20F3N3O2/c1-11(2)25-13-8-6-12(7-9-13)24-18(22)23-10-14-15(19)4-3-5-16(14)26-17(20)21/h3-9,11,17H,10H2,1-2H3,(H3,22,23,24). The average molecular weight is 367 g/mol. The zero-order valence-corrected chi connectivity index (χ0v) is 14.4. The summed E-state index contributed by atoms with van der Waals surface area (Å²) >= 11 is 0. The second-order valence-electron chi connectivity index (χ2n) is 5.61. The van der Waals surface area contributed by atoms with Crippen molar-refractivity contribution in [3.8, 4) is 11.5 Å². The van der Waals surface area contributed by atoms with Gasteiger partial charge in [0, 0.05) is 5.69 Å². The molecule has 5 nitrogen and oxygen atoms in total. The van der Waals surface area contributed by atoms with Crippen LogP contribution in [0.5, 0.6) is 11.5 Å². The van der Waals surface area contributed by atoms with Gasteiger partial charge in [0.15, 0.2) is 5.96 Å². The molecule has 0 fully saturated rings. The summed E-state index contributed by atoms with van der Waals surface area (Å²) in [6, 6.07) is 10.7. The number of anilines is 1. The maximum atomic E-state index is 13.9. The van der Waals surface area contributed by atoms with Gasteiger partial charge in [-0.15, -0.1) is 0 Å². The van der Waals surface area contributed by atoms with Crippen molar-refractivity contribution in [1.29, 1.82) is 0 Å². The molecule has 140 valence electrons. The first-order chi connectivity index (χ1) is 12.3. The summed E-state index contributed by atoms with van der Waals surface area (Å²) in [4.78, 5) is 3.98. The van der Waals surface area contributed by atoms with Crippen molar-refractivity contribution >= 4 is 11.6 Å². The first-order valence-electron chi connectivity index (χ1n) is 7.91. The SMILES string of the molecule is CC(C)Oc1ccc(NC(N)=NCc2c(F)cccc2OC(F)F)cc1. The van der Waals surface area contributed by atoms with E-state index in [0.29, 0.717) is 11.4 Å². The number of alkyl halides is 2. The number of aliphatic imine (C=N–C) groups is 1. The van der Waals surface area contributed by atoms with E-state index in [0.717, 1.165) is 6.07 Å². The van der Waals surface area contributed by atoms with E-state index in [4.69, 9.17) is 10.5 Å². The van der Waals surface area contributed by atoms with E-state index in [9.17, 15) is 13.2 Å². The molecule has 0 heterocycles. The largest absolute Gasteiger partial charge is 0.491 e. The van der Waals surface area contributed by atoms with Gasteiger partial charge < -0.3 is 20.5 Å². The lowest BCUT2D eigenvalue weighted by molar-refractivity contribution is -0.0506. The zero-order chi connectivity index (χ0) is 19.1. The van der Waals surface area contributed by atoms with Gasteiger partial charge in [-0.25, -0.2) is 9.38 Å². The van der Waals surface area contributed by atoms with E-state index < -0.39 is 12.4 Å². The molecule has 0 amide bonds. The summed E-state index contributed by atoms with van der Waals surface area (Å²) in [6.45, 7) is 0.542. The number of hydrogen-bond donors (Lipinski definition) is 2. The Labute approximate surface area is 149 Å². The van der Waals surface area contributed by atoms with Crippen molar-refractivity contribution in [2.45, 2.75) is 33.1 Å². The molecular formula is C18H20F3N3O2. The van der Waals surface area contributed by atoms with Gasteiger partial charge in [0.25, 0.3) is 0 Å². The fraction of sp³-hybridized carbons (Fsp3) is 0.278. The maximum absolute atomic E-state index is 13.9. The molecule has 0 spiro atoms. The quantitative estimate of drug-likeness (QED) is 0.570. The highest BCUT2D eigenvalue weighted by Crippen LogP contribution is 2.24. The minimum absolute atomic E-state index is 0.00813. The van der Waals surface area contributed by atoms with Crippen LogP contribution < -0.4 is 20.5 Å². The molecule has 0 atom stereocenters. The zero-order valence-electron chi connectivity index (χ0n) is 14.4. The lowest BCUT2D eigenvalue weighted by atomic mass is 10.2. The third-order valence-corrected chi connectivity index (χ3v) is 3.20. The summed E-state index contributed by atoms with van der Waals surface area (Å²) < 4.78 is 48.5. The molecule has 2 rings (SSSR count). The highest BCUT2D eigenvalue weighted by atomic mass is 19.3. The van der Waals surface area contributed by atoms with Crippen LogP contribution in [0.4, 0.5) is 18.9 Å². The van der Waals surface area contributed by atoms with Crippen LogP contribution in [0, 0.1) is 5.82 Å². The van der Waals surface area contributed by atoms with Crippen LogP contribution in [0.25, 0.3) is 0 Å². The Hall–Kier alpha value is -2.90. The number of nitrogens with zero attached hydrogens (tertiary/aromatic N) is 1. The Morgan fingerprint density at radius 3 is 2.42 bits per heavy atom. The topological polar surface area (TPSA) is 68.9 Å². The summed E-state index contributed by atoms with van der Waals surface area (Å²) in [5, 5.41) is 2.83. The Morgan fingerprint density at radius 2 is 1.81 bits per heavy atom. The van der Waals surface area contributed by atoms with Crippen molar-refractivity contribution in [2.24, 2.45) is 10.7 Å². The molecule has 0 saturated carbocycles. The summed E-state index contributed by atoms with van der Waals surface area (Å²) in [5.41, 5.74) is 6.32. The predicted molar refractivity (Wildman–Crippen MR) is 94.2 cm³/mol. The lowest BCUT2D eigenvalue weighted by Crippen LogP contribution is -2.22. The van der Waals surface area contributed by atoms with Gasteiger partial charge in [-0.2, -0.15) is 8.78 Å². The number of ether oxygens (including phenoxy) is 2. The summed E-state index contributed by atoms with van der Waals surface area (Å²) in [7, 11) is 0. The fourth-order valence-corrected chi connectivity index (χ4v) is 2.14. The molecule has 0 bridgehead atoms. The van der Waals surface area contributed by atoms with E-state index in [-0.39, 0.29) is 29.9 Å². The summed E-state index contributed by atoms with van der Waals surface area (Å²) in [6.07, 6.45) is 0.0610. The molecule has 8 heteroatoms. The third-order valence-electron chi connectivity index (χ3n) is 3.20. The second kappa shape index (κ2) is 8.98. The maximum Gasteiger partial charge on any atom is 0.387 e. The Balaban J connectivity index is 2.04. The normalized spacial score (nSPS) is 11.7. The van der Waals surface area contributed by atoms with Gasteiger partial charge in [0.05, 0.1) is 18.2 Å². The molecule has 0 aliphatic carbocycles. The van der Waals surface area contributed by atoms with Gasteiger partial charge >= 0.3 is 6.61 Å². The van der Waals surface area contributed by atoms with E-state index in [1.54, 1.807) is 24.3 Å². The van der Waals surface area contributed by atoms with Crippen molar-refractivity contribution < 1.29 is 22.6 Å². The van der Waals surface area contributed by atoms with E-state index in [1.807, 2.05) is 13.8 Å². The van der Waals surface area contributed by atoms with Crippen LogP contribution in [0.1, 0.15) is 19.4 Å². The van der Waals surface area contributed by atoms with Gasteiger partial charge in [-0.05, 0) is 50.2 Å². The van der Waals surface area contributed by atoms with Gasteiger partial charge in [0.2, 0.25) is 0 Å². The number of guanidine groups is 1. The van der Waals surface area contributed by atoms with Gasteiger partial charge in [-0.3, -0.25) is 0 Å². The van der Waals surface area contributed by atoms with Crippen molar-refractivity contribution in [3.63, 3.8) is 0 Å². The molecule has 0 aromatic heterocycles. The van der Waals surface area contributed by atoms with Crippen LogP contribution in [0.2, 0.25) is 0 Å². The van der Waals surface area contributed by atoms with Crippen molar-refractivity contribution in [1.82, 2.24) is 0 Å².